The number of hydrogen-bond donors (Lipinski definition) is 1. The molecular formula is C16H27N3O. The van der Waals surface area contributed by atoms with E-state index in [1.165, 1.54) is 38.5 Å². The second-order valence-corrected chi connectivity index (χ2v) is 7.25. The molecule has 3 atom stereocenters. The zero-order chi connectivity index (χ0) is 14.2. The van der Waals surface area contributed by atoms with Crippen molar-refractivity contribution in [2.45, 2.75) is 71.3 Å². The first-order chi connectivity index (χ1) is 9.60. The summed E-state index contributed by atoms with van der Waals surface area (Å²) in [6.45, 7) is 7.91. The van der Waals surface area contributed by atoms with E-state index in [0.717, 1.165) is 24.2 Å². The number of hydrogen-bond acceptors (Lipinski definition) is 4. The number of nitrogens with zero attached hydrogens (tertiary/aromatic N) is 2. The number of nitrogens with one attached hydrogen (secondary N) is 1. The highest BCUT2D eigenvalue weighted by molar-refractivity contribution is 5.05. The van der Waals surface area contributed by atoms with Crippen LogP contribution in [-0.4, -0.2) is 16.7 Å². The molecule has 1 aliphatic heterocycles. The Morgan fingerprint density at radius 2 is 2.20 bits per heavy atom. The van der Waals surface area contributed by atoms with Crippen molar-refractivity contribution in [2.24, 2.45) is 11.3 Å². The largest absolute Gasteiger partial charge is 0.338 e. The molecule has 4 heteroatoms. The Kier molecular flexibility index (Phi) is 3.85. The van der Waals surface area contributed by atoms with E-state index in [1.807, 2.05) is 0 Å². The molecule has 4 nitrogen and oxygen atoms in total. The van der Waals surface area contributed by atoms with E-state index in [2.05, 4.69) is 31.2 Å². The Balaban J connectivity index is 1.73. The minimum atomic E-state index is 0.198. The molecule has 3 unspecified atom stereocenters. The fourth-order valence-corrected chi connectivity index (χ4v) is 3.84. The predicted octanol–water partition coefficient (Wildman–Crippen LogP) is 3.81. The summed E-state index contributed by atoms with van der Waals surface area (Å²) in [7, 11) is 0. The first kappa shape index (κ1) is 14.1. The average Bonchev–Trinajstić information content (AvgIpc) is 3.06. The van der Waals surface area contributed by atoms with Crippen molar-refractivity contribution in [1.82, 2.24) is 15.5 Å². The quantitative estimate of drug-likeness (QED) is 0.912. The van der Waals surface area contributed by atoms with Gasteiger partial charge in [0.25, 0.3) is 0 Å². The molecule has 1 aliphatic carbocycles. The SMILES string of the molecule is CCC1CCC(c2noc(C3NCCCC3(C)C)n2)C1. The van der Waals surface area contributed by atoms with Crippen LogP contribution < -0.4 is 5.32 Å². The maximum Gasteiger partial charge on any atom is 0.244 e. The Labute approximate surface area is 121 Å². The van der Waals surface area contributed by atoms with Gasteiger partial charge in [0, 0.05) is 5.92 Å². The van der Waals surface area contributed by atoms with Crippen LogP contribution in [0.4, 0.5) is 0 Å². The van der Waals surface area contributed by atoms with Crippen molar-refractivity contribution < 1.29 is 4.52 Å². The van der Waals surface area contributed by atoms with Crippen molar-refractivity contribution >= 4 is 0 Å². The number of aromatic nitrogens is 2. The van der Waals surface area contributed by atoms with E-state index in [0.29, 0.717) is 5.92 Å². The van der Waals surface area contributed by atoms with Crippen LogP contribution in [0.15, 0.2) is 4.52 Å². The molecule has 1 saturated carbocycles. The zero-order valence-electron chi connectivity index (χ0n) is 13.0. The molecule has 1 aromatic rings. The molecule has 1 saturated heterocycles. The zero-order valence-corrected chi connectivity index (χ0v) is 13.0. The van der Waals surface area contributed by atoms with E-state index < -0.39 is 0 Å². The summed E-state index contributed by atoms with van der Waals surface area (Å²) >= 11 is 0. The van der Waals surface area contributed by atoms with Crippen LogP contribution >= 0.6 is 0 Å². The Morgan fingerprint density at radius 1 is 1.35 bits per heavy atom. The van der Waals surface area contributed by atoms with Gasteiger partial charge in [-0.15, -0.1) is 0 Å². The molecule has 20 heavy (non-hydrogen) atoms. The van der Waals surface area contributed by atoms with Crippen LogP contribution in [-0.2, 0) is 0 Å². The lowest BCUT2D eigenvalue weighted by molar-refractivity contribution is 0.146. The average molecular weight is 277 g/mol. The van der Waals surface area contributed by atoms with Crippen LogP contribution in [0, 0.1) is 11.3 Å². The van der Waals surface area contributed by atoms with E-state index >= 15 is 0 Å². The van der Waals surface area contributed by atoms with Gasteiger partial charge in [0.2, 0.25) is 5.89 Å². The fraction of sp³-hybridized carbons (Fsp3) is 0.875. The van der Waals surface area contributed by atoms with Crippen LogP contribution in [0.25, 0.3) is 0 Å². The van der Waals surface area contributed by atoms with E-state index in [-0.39, 0.29) is 11.5 Å². The lowest BCUT2D eigenvalue weighted by Crippen LogP contribution is -2.39. The van der Waals surface area contributed by atoms with Gasteiger partial charge in [-0.05, 0) is 50.0 Å². The molecule has 112 valence electrons. The molecule has 0 aromatic carbocycles. The van der Waals surface area contributed by atoms with Gasteiger partial charge in [0.1, 0.15) is 0 Å². The van der Waals surface area contributed by atoms with Crippen LogP contribution in [0.2, 0.25) is 0 Å². The third kappa shape index (κ3) is 2.62. The van der Waals surface area contributed by atoms with Crippen molar-refractivity contribution in [1.29, 1.82) is 0 Å². The summed E-state index contributed by atoms with van der Waals surface area (Å²) in [5.74, 6) is 3.11. The van der Waals surface area contributed by atoms with Gasteiger partial charge >= 0.3 is 0 Å². The third-order valence-corrected chi connectivity index (χ3v) is 5.32. The number of rotatable bonds is 3. The first-order valence-corrected chi connectivity index (χ1v) is 8.17. The molecule has 0 amide bonds. The molecule has 0 radical (unpaired) electrons. The summed E-state index contributed by atoms with van der Waals surface area (Å²) in [6.07, 6.45) is 7.49. The van der Waals surface area contributed by atoms with Crippen LogP contribution in [0.5, 0.6) is 0 Å². The molecule has 0 bridgehead atoms. The van der Waals surface area contributed by atoms with Gasteiger partial charge in [-0.25, -0.2) is 0 Å². The van der Waals surface area contributed by atoms with E-state index in [1.54, 1.807) is 0 Å². The van der Waals surface area contributed by atoms with Gasteiger partial charge in [-0.3, -0.25) is 0 Å². The highest BCUT2D eigenvalue weighted by Gasteiger charge is 2.38. The van der Waals surface area contributed by atoms with Crippen molar-refractivity contribution in [3.05, 3.63) is 11.7 Å². The Bertz CT molecular complexity index is 454. The maximum atomic E-state index is 5.60. The monoisotopic (exact) mass is 277 g/mol. The Morgan fingerprint density at radius 3 is 2.90 bits per heavy atom. The molecule has 3 rings (SSSR count). The summed E-state index contributed by atoms with van der Waals surface area (Å²) in [5.41, 5.74) is 0.198. The summed E-state index contributed by atoms with van der Waals surface area (Å²) in [5, 5.41) is 7.83. The normalized spacial score (nSPS) is 33.5. The minimum Gasteiger partial charge on any atom is -0.338 e. The molecule has 0 spiro atoms. The van der Waals surface area contributed by atoms with Crippen LogP contribution in [0.3, 0.4) is 0 Å². The predicted molar refractivity (Wildman–Crippen MR) is 78.4 cm³/mol. The molecule has 1 aromatic heterocycles. The smallest absolute Gasteiger partial charge is 0.244 e. The molecule has 1 N–H and O–H groups in total. The van der Waals surface area contributed by atoms with Gasteiger partial charge in [-0.1, -0.05) is 32.3 Å². The third-order valence-electron chi connectivity index (χ3n) is 5.32. The topological polar surface area (TPSA) is 51.0 Å². The van der Waals surface area contributed by atoms with Gasteiger partial charge < -0.3 is 9.84 Å². The molecule has 2 aliphatic rings. The summed E-state index contributed by atoms with van der Waals surface area (Å²) < 4.78 is 5.60. The molecule has 2 fully saturated rings. The second-order valence-electron chi connectivity index (χ2n) is 7.25. The van der Waals surface area contributed by atoms with Crippen molar-refractivity contribution in [2.75, 3.05) is 6.54 Å². The first-order valence-electron chi connectivity index (χ1n) is 8.17. The minimum absolute atomic E-state index is 0.198. The Hall–Kier alpha value is -0.900. The maximum absolute atomic E-state index is 5.60. The summed E-state index contributed by atoms with van der Waals surface area (Å²) in [6, 6.07) is 0.209. The van der Waals surface area contributed by atoms with E-state index in [9.17, 15) is 0 Å². The fourth-order valence-electron chi connectivity index (χ4n) is 3.84. The number of piperidine rings is 1. The van der Waals surface area contributed by atoms with Gasteiger partial charge in [0.15, 0.2) is 5.82 Å². The molecular weight excluding hydrogens is 250 g/mol. The summed E-state index contributed by atoms with van der Waals surface area (Å²) in [4.78, 5) is 4.74. The second kappa shape index (κ2) is 5.47. The van der Waals surface area contributed by atoms with Gasteiger partial charge in [0.05, 0.1) is 6.04 Å². The lowest BCUT2D eigenvalue weighted by Gasteiger charge is -2.36. The standard InChI is InChI=1S/C16H27N3O/c1-4-11-6-7-12(10-11)14-18-15(20-19-14)13-16(2,3)8-5-9-17-13/h11-13,17H,4-10H2,1-3H3. The van der Waals surface area contributed by atoms with E-state index in [4.69, 9.17) is 9.51 Å². The highest BCUT2D eigenvalue weighted by Crippen LogP contribution is 2.41. The van der Waals surface area contributed by atoms with Crippen LogP contribution in [0.1, 0.15) is 83.0 Å². The van der Waals surface area contributed by atoms with Crippen molar-refractivity contribution in [3.63, 3.8) is 0 Å². The van der Waals surface area contributed by atoms with Gasteiger partial charge in [-0.2, -0.15) is 4.98 Å². The van der Waals surface area contributed by atoms with Crippen molar-refractivity contribution in [3.8, 4) is 0 Å². The molecule has 2 heterocycles. The lowest BCUT2D eigenvalue weighted by atomic mass is 9.77. The highest BCUT2D eigenvalue weighted by atomic mass is 16.5.